The summed E-state index contributed by atoms with van der Waals surface area (Å²) in [5.74, 6) is 0.911. The molecule has 0 aromatic heterocycles. The van der Waals surface area contributed by atoms with Crippen molar-refractivity contribution in [2.24, 2.45) is 5.73 Å². The smallest absolute Gasteiger partial charge is 0.121 e. The fraction of sp³-hybridized carbons (Fsp3) is 0.500. The van der Waals surface area contributed by atoms with Crippen molar-refractivity contribution in [2.75, 3.05) is 20.2 Å². The SMILES string of the molecule is CCNCC(N)c1ccc(OC)c(C)c1. The number of hydrogen-bond acceptors (Lipinski definition) is 3. The Hall–Kier alpha value is -1.06. The molecule has 0 saturated carbocycles. The fourth-order valence-corrected chi connectivity index (χ4v) is 1.55. The summed E-state index contributed by atoms with van der Waals surface area (Å²) in [5, 5.41) is 3.24. The van der Waals surface area contributed by atoms with Gasteiger partial charge in [0.05, 0.1) is 7.11 Å². The Balaban J connectivity index is 2.73. The van der Waals surface area contributed by atoms with Crippen LogP contribution in [0, 0.1) is 6.92 Å². The third-order valence-corrected chi connectivity index (χ3v) is 2.46. The lowest BCUT2D eigenvalue weighted by Crippen LogP contribution is -2.26. The second kappa shape index (κ2) is 5.73. The molecule has 1 aromatic carbocycles. The largest absolute Gasteiger partial charge is 0.496 e. The molecule has 0 radical (unpaired) electrons. The van der Waals surface area contributed by atoms with E-state index in [4.69, 9.17) is 10.5 Å². The lowest BCUT2D eigenvalue weighted by atomic mass is 10.0. The Morgan fingerprint density at radius 1 is 1.47 bits per heavy atom. The van der Waals surface area contributed by atoms with Crippen molar-refractivity contribution in [3.63, 3.8) is 0 Å². The van der Waals surface area contributed by atoms with Gasteiger partial charge in [0.2, 0.25) is 0 Å². The second-order valence-corrected chi connectivity index (χ2v) is 3.64. The van der Waals surface area contributed by atoms with Crippen LogP contribution in [0.25, 0.3) is 0 Å². The lowest BCUT2D eigenvalue weighted by molar-refractivity contribution is 0.411. The molecule has 0 spiro atoms. The highest BCUT2D eigenvalue weighted by Crippen LogP contribution is 2.21. The number of rotatable bonds is 5. The predicted octanol–water partition coefficient (Wildman–Crippen LogP) is 1.61. The van der Waals surface area contributed by atoms with E-state index in [1.165, 1.54) is 0 Å². The van der Waals surface area contributed by atoms with Crippen LogP contribution in [0.5, 0.6) is 5.75 Å². The van der Waals surface area contributed by atoms with Gasteiger partial charge < -0.3 is 15.8 Å². The first kappa shape index (κ1) is 12.0. The van der Waals surface area contributed by atoms with Crippen molar-refractivity contribution in [1.29, 1.82) is 0 Å². The minimum absolute atomic E-state index is 0.0505. The molecule has 0 aliphatic heterocycles. The number of nitrogens with one attached hydrogen (secondary N) is 1. The van der Waals surface area contributed by atoms with Crippen molar-refractivity contribution >= 4 is 0 Å². The number of hydrogen-bond donors (Lipinski definition) is 2. The topological polar surface area (TPSA) is 47.3 Å². The van der Waals surface area contributed by atoms with Crippen LogP contribution in [-0.4, -0.2) is 20.2 Å². The molecule has 0 bridgehead atoms. The second-order valence-electron chi connectivity index (χ2n) is 3.64. The Kier molecular flexibility index (Phi) is 4.59. The molecule has 0 heterocycles. The van der Waals surface area contributed by atoms with E-state index >= 15 is 0 Å². The fourth-order valence-electron chi connectivity index (χ4n) is 1.55. The quantitative estimate of drug-likeness (QED) is 0.773. The molecule has 1 unspecified atom stereocenters. The summed E-state index contributed by atoms with van der Waals surface area (Å²) in [6.07, 6.45) is 0. The molecule has 3 nitrogen and oxygen atoms in total. The molecule has 15 heavy (non-hydrogen) atoms. The molecule has 0 aliphatic carbocycles. The average molecular weight is 208 g/mol. The van der Waals surface area contributed by atoms with E-state index in [-0.39, 0.29) is 6.04 Å². The molecule has 84 valence electrons. The highest BCUT2D eigenvalue weighted by atomic mass is 16.5. The number of methoxy groups -OCH3 is 1. The van der Waals surface area contributed by atoms with Gasteiger partial charge in [-0.05, 0) is 30.7 Å². The summed E-state index contributed by atoms with van der Waals surface area (Å²) >= 11 is 0. The van der Waals surface area contributed by atoms with Crippen LogP contribution in [0.4, 0.5) is 0 Å². The van der Waals surface area contributed by atoms with Gasteiger partial charge in [0.1, 0.15) is 5.75 Å². The molecule has 3 heteroatoms. The molecule has 1 rings (SSSR count). The number of aryl methyl sites for hydroxylation is 1. The van der Waals surface area contributed by atoms with Gasteiger partial charge in [0.15, 0.2) is 0 Å². The molecule has 0 saturated heterocycles. The van der Waals surface area contributed by atoms with Gasteiger partial charge in [-0.25, -0.2) is 0 Å². The van der Waals surface area contributed by atoms with Crippen LogP contribution in [-0.2, 0) is 0 Å². The highest BCUT2D eigenvalue weighted by Gasteiger charge is 2.07. The number of nitrogens with two attached hydrogens (primary N) is 1. The summed E-state index contributed by atoms with van der Waals surface area (Å²) in [5.41, 5.74) is 8.31. The van der Waals surface area contributed by atoms with Gasteiger partial charge in [-0.15, -0.1) is 0 Å². The van der Waals surface area contributed by atoms with E-state index in [0.717, 1.165) is 30.0 Å². The van der Waals surface area contributed by atoms with Gasteiger partial charge in [0, 0.05) is 12.6 Å². The van der Waals surface area contributed by atoms with E-state index in [1.807, 2.05) is 19.1 Å². The van der Waals surface area contributed by atoms with Gasteiger partial charge >= 0.3 is 0 Å². The minimum atomic E-state index is 0.0505. The molecule has 3 N–H and O–H groups in total. The summed E-state index contributed by atoms with van der Waals surface area (Å²) < 4.78 is 5.20. The first-order valence-corrected chi connectivity index (χ1v) is 5.29. The first-order chi connectivity index (χ1) is 7.19. The van der Waals surface area contributed by atoms with Crippen LogP contribution < -0.4 is 15.8 Å². The van der Waals surface area contributed by atoms with Gasteiger partial charge in [-0.2, -0.15) is 0 Å². The zero-order chi connectivity index (χ0) is 11.3. The Labute approximate surface area is 91.6 Å². The lowest BCUT2D eigenvalue weighted by Gasteiger charge is -2.14. The Bertz CT molecular complexity index is 312. The van der Waals surface area contributed by atoms with Crippen molar-refractivity contribution < 1.29 is 4.74 Å². The Morgan fingerprint density at radius 3 is 2.73 bits per heavy atom. The standard InChI is InChI=1S/C12H20N2O/c1-4-14-8-11(13)10-5-6-12(15-3)9(2)7-10/h5-7,11,14H,4,8,13H2,1-3H3. The van der Waals surface area contributed by atoms with E-state index in [2.05, 4.69) is 18.3 Å². The van der Waals surface area contributed by atoms with Crippen molar-refractivity contribution in [2.45, 2.75) is 19.9 Å². The molecule has 1 aromatic rings. The minimum Gasteiger partial charge on any atom is -0.496 e. The predicted molar refractivity (Wildman–Crippen MR) is 63.2 cm³/mol. The number of ether oxygens (including phenoxy) is 1. The van der Waals surface area contributed by atoms with Crippen LogP contribution in [0.1, 0.15) is 24.1 Å². The van der Waals surface area contributed by atoms with Gasteiger partial charge in [-0.1, -0.05) is 19.1 Å². The van der Waals surface area contributed by atoms with Crippen LogP contribution in [0.15, 0.2) is 18.2 Å². The highest BCUT2D eigenvalue weighted by molar-refractivity contribution is 5.37. The van der Waals surface area contributed by atoms with Crippen LogP contribution in [0.2, 0.25) is 0 Å². The molecule has 0 amide bonds. The Morgan fingerprint density at radius 2 is 2.20 bits per heavy atom. The van der Waals surface area contributed by atoms with E-state index in [9.17, 15) is 0 Å². The summed E-state index contributed by atoms with van der Waals surface area (Å²) in [6.45, 7) is 5.86. The molecular formula is C12H20N2O. The molecule has 0 aliphatic rings. The molecule has 1 atom stereocenters. The van der Waals surface area contributed by atoms with Crippen LogP contribution in [0.3, 0.4) is 0 Å². The van der Waals surface area contributed by atoms with Gasteiger partial charge in [0.25, 0.3) is 0 Å². The molecule has 0 fully saturated rings. The molecular weight excluding hydrogens is 188 g/mol. The van der Waals surface area contributed by atoms with Crippen molar-refractivity contribution in [3.8, 4) is 5.75 Å². The van der Waals surface area contributed by atoms with Crippen molar-refractivity contribution in [3.05, 3.63) is 29.3 Å². The number of likely N-dealkylation sites (N-methyl/N-ethyl adjacent to an activating group) is 1. The summed E-state index contributed by atoms with van der Waals surface area (Å²) in [6, 6.07) is 6.13. The average Bonchev–Trinajstić information content (AvgIpc) is 2.25. The zero-order valence-electron chi connectivity index (χ0n) is 9.71. The zero-order valence-corrected chi connectivity index (χ0v) is 9.71. The van der Waals surface area contributed by atoms with Crippen molar-refractivity contribution in [1.82, 2.24) is 5.32 Å². The third-order valence-electron chi connectivity index (χ3n) is 2.46. The number of benzene rings is 1. The monoisotopic (exact) mass is 208 g/mol. The maximum absolute atomic E-state index is 6.04. The first-order valence-electron chi connectivity index (χ1n) is 5.29. The van der Waals surface area contributed by atoms with E-state index in [0.29, 0.717) is 0 Å². The normalized spacial score (nSPS) is 12.5. The third kappa shape index (κ3) is 3.22. The van der Waals surface area contributed by atoms with Gasteiger partial charge in [-0.3, -0.25) is 0 Å². The summed E-state index contributed by atoms with van der Waals surface area (Å²) in [4.78, 5) is 0. The van der Waals surface area contributed by atoms with Crippen LogP contribution >= 0.6 is 0 Å². The van der Waals surface area contributed by atoms with E-state index < -0.39 is 0 Å². The maximum Gasteiger partial charge on any atom is 0.121 e. The summed E-state index contributed by atoms with van der Waals surface area (Å²) in [7, 11) is 1.68. The maximum atomic E-state index is 6.04. The van der Waals surface area contributed by atoms with E-state index in [1.54, 1.807) is 7.11 Å².